The van der Waals surface area contributed by atoms with E-state index in [9.17, 15) is 4.79 Å². The van der Waals surface area contributed by atoms with Crippen molar-refractivity contribution in [2.75, 3.05) is 13.2 Å². The van der Waals surface area contributed by atoms with Gasteiger partial charge in [0.05, 0.1) is 6.61 Å². The third kappa shape index (κ3) is 4.87. The molecule has 1 aliphatic heterocycles. The number of benzene rings is 1. The Morgan fingerprint density at radius 1 is 1.18 bits per heavy atom. The third-order valence-corrected chi connectivity index (χ3v) is 6.78. The maximum atomic E-state index is 12.2. The molecule has 0 spiro atoms. The van der Waals surface area contributed by atoms with Crippen molar-refractivity contribution in [2.45, 2.75) is 84.3 Å². The molecule has 0 aromatic heterocycles. The van der Waals surface area contributed by atoms with Gasteiger partial charge in [-0.1, -0.05) is 51.1 Å². The molecule has 4 atom stereocenters. The van der Waals surface area contributed by atoms with Crippen LogP contribution >= 0.6 is 0 Å². The van der Waals surface area contributed by atoms with Gasteiger partial charge in [0, 0.05) is 23.7 Å². The maximum Gasteiger partial charge on any atom is 0.315 e. The summed E-state index contributed by atoms with van der Waals surface area (Å²) < 4.78 is 0. The number of carbonyl (C=O) groups is 1. The molecule has 1 aromatic rings. The molecule has 28 heavy (non-hydrogen) atoms. The van der Waals surface area contributed by atoms with Gasteiger partial charge in [-0.15, -0.1) is 0 Å². The Morgan fingerprint density at radius 2 is 1.86 bits per heavy atom. The molecule has 1 fully saturated rings. The lowest BCUT2D eigenvalue weighted by molar-refractivity contribution is -0.306. The lowest BCUT2D eigenvalue weighted by Gasteiger charge is -2.59. The van der Waals surface area contributed by atoms with Crippen molar-refractivity contribution in [3.8, 4) is 0 Å². The maximum absolute atomic E-state index is 12.2. The van der Waals surface area contributed by atoms with Gasteiger partial charge in [-0.2, -0.15) is 5.06 Å². The number of hydrogen-bond acceptors (Lipinski definition) is 3. The SMILES string of the molecule is CCNC(=O)NC1CC(C)(CC)N(OCCc2ccccc2)C(C)(CC)C1C. The molecule has 1 heterocycles. The molecule has 2 rings (SSSR count). The second kappa shape index (κ2) is 9.75. The molecule has 1 saturated heterocycles. The molecular formula is C23H39N3O2. The lowest BCUT2D eigenvalue weighted by atomic mass is 9.68. The van der Waals surface area contributed by atoms with Crippen LogP contribution in [0.2, 0.25) is 0 Å². The van der Waals surface area contributed by atoms with Gasteiger partial charge in [0.25, 0.3) is 0 Å². The van der Waals surface area contributed by atoms with E-state index in [1.807, 2.05) is 13.0 Å². The fourth-order valence-electron chi connectivity index (χ4n) is 4.48. The molecule has 2 N–H and O–H groups in total. The molecular weight excluding hydrogens is 350 g/mol. The quantitative estimate of drug-likeness (QED) is 0.687. The summed E-state index contributed by atoms with van der Waals surface area (Å²) in [6.07, 6.45) is 3.70. The van der Waals surface area contributed by atoms with E-state index < -0.39 is 0 Å². The van der Waals surface area contributed by atoms with Crippen LogP contribution in [0.3, 0.4) is 0 Å². The Kier molecular flexibility index (Phi) is 7.90. The van der Waals surface area contributed by atoms with E-state index in [1.165, 1.54) is 5.56 Å². The van der Waals surface area contributed by atoms with Crippen molar-refractivity contribution in [3.63, 3.8) is 0 Å². The minimum Gasteiger partial charge on any atom is -0.338 e. The first kappa shape index (κ1) is 22.7. The molecule has 4 unspecified atom stereocenters. The number of urea groups is 1. The molecule has 1 aromatic carbocycles. The number of carbonyl (C=O) groups excluding carboxylic acids is 1. The van der Waals surface area contributed by atoms with E-state index in [4.69, 9.17) is 4.84 Å². The van der Waals surface area contributed by atoms with Crippen LogP contribution in [-0.2, 0) is 11.3 Å². The van der Waals surface area contributed by atoms with Crippen LogP contribution in [0.1, 0.15) is 66.4 Å². The van der Waals surface area contributed by atoms with Gasteiger partial charge in [0.2, 0.25) is 0 Å². The van der Waals surface area contributed by atoms with Crippen LogP contribution in [0.15, 0.2) is 30.3 Å². The number of rotatable bonds is 8. The first-order valence-corrected chi connectivity index (χ1v) is 10.8. The Labute approximate surface area is 171 Å². The zero-order valence-corrected chi connectivity index (χ0v) is 18.5. The van der Waals surface area contributed by atoms with Crippen molar-refractivity contribution in [1.82, 2.24) is 15.7 Å². The average molecular weight is 390 g/mol. The number of nitrogens with one attached hydrogen (secondary N) is 2. The molecule has 1 aliphatic rings. The minimum atomic E-state index is -0.149. The second-order valence-corrected chi connectivity index (χ2v) is 8.53. The molecule has 158 valence electrons. The number of nitrogens with zero attached hydrogens (tertiary/aromatic N) is 1. The fourth-order valence-corrected chi connectivity index (χ4v) is 4.48. The smallest absolute Gasteiger partial charge is 0.315 e. The summed E-state index contributed by atoms with van der Waals surface area (Å²) in [5, 5.41) is 8.36. The van der Waals surface area contributed by atoms with Crippen molar-refractivity contribution in [1.29, 1.82) is 0 Å². The van der Waals surface area contributed by atoms with Gasteiger partial charge in [-0.05, 0) is 57.9 Å². The predicted octanol–water partition coefficient (Wildman–Crippen LogP) is 4.53. The first-order chi connectivity index (χ1) is 13.3. The lowest BCUT2D eigenvalue weighted by Crippen LogP contribution is -2.70. The Morgan fingerprint density at radius 3 is 2.43 bits per heavy atom. The topological polar surface area (TPSA) is 53.6 Å². The van der Waals surface area contributed by atoms with Crippen LogP contribution in [0, 0.1) is 5.92 Å². The summed E-state index contributed by atoms with van der Waals surface area (Å²) in [6, 6.07) is 10.5. The van der Waals surface area contributed by atoms with E-state index in [1.54, 1.807) is 0 Å². The summed E-state index contributed by atoms with van der Waals surface area (Å²) >= 11 is 0. The van der Waals surface area contributed by atoms with E-state index >= 15 is 0 Å². The number of piperidine rings is 1. The van der Waals surface area contributed by atoms with Gasteiger partial charge >= 0.3 is 6.03 Å². The second-order valence-electron chi connectivity index (χ2n) is 8.53. The molecule has 0 bridgehead atoms. The summed E-state index contributed by atoms with van der Waals surface area (Å²) in [4.78, 5) is 18.7. The summed E-state index contributed by atoms with van der Waals surface area (Å²) in [6.45, 7) is 14.5. The van der Waals surface area contributed by atoms with Crippen molar-refractivity contribution in [3.05, 3.63) is 35.9 Å². The summed E-state index contributed by atoms with van der Waals surface area (Å²) in [5.74, 6) is 0.274. The van der Waals surface area contributed by atoms with E-state index in [-0.39, 0.29) is 29.1 Å². The predicted molar refractivity (Wildman–Crippen MR) is 115 cm³/mol. The van der Waals surface area contributed by atoms with Crippen LogP contribution in [0.25, 0.3) is 0 Å². The molecule has 0 radical (unpaired) electrons. The van der Waals surface area contributed by atoms with Crippen LogP contribution in [0.5, 0.6) is 0 Å². The van der Waals surface area contributed by atoms with Gasteiger partial charge < -0.3 is 10.6 Å². The van der Waals surface area contributed by atoms with Gasteiger partial charge in [-0.3, -0.25) is 4.84 Å². The van der Waals surface area contributed by atoms with Crippen molar-refractivity contribution >= 4 is 6.03 Å². The number of hydrogen-bond donors (Lipinski definition) is 2. The Bertz CT molecular complexity index is 624. The normalized spacial score (nSPS) is 30.8. The average Bonchev–Trinajstić information content (AvgIpc) is 2.69. The molecule has 2 amide bonds. The molecule has 5 nitrogen and oxygen atoms in total. The zero-order chi connectivity index (χ0) is 20.8. The summed E-state index contributed by atoms with van der Waals surface area (Å²) in [5.41, 5.74) is 1.02. The first-order valence-electron chi connectivity index (χ1n) is 10.8. The largest absolute Gasteiger partial charge is 0.338 e. The van der Waals surface area contributed by atoms with Crippen molar-refractivity contribution in [2.24, 2.45) is 5.92 Å². The third-order valence-electron chi connectivity index (χ3n) is 6.78. The van der Waals surface area contributed by atoms with Gasteiger partial charge in [0.1, 0.15) is 0 Å². The summed E-state index contributed by atoms with van der Waals surface area (Å²) in [7, 11) is 0. The van der Waals surface area contributed by atoms with Crippen molar-refractivity contribution < 1.29 is 9.63 Å². The van der Waals surface area contributed by atoms with Gasteiger partial charge in [-0.25, -0.2) is 4.79 Å². The van der Waals surface area contributed by atoms with Crippen LogP contribution < -0.4 is 10.6 Å². The highest BCUT2D eigenvalue weighted by Crippen LogP contribution is 2.45. The highest BCUT2D eigenvalue weighted by molar-refractivity contribution is 5.74. The molecule has 0 aliphatic carbocycles. The highest BCUT2D eigenvalue weighted by Gasteiger charge is 2.54. The van der Waals surface area contributed by atoms with Crippen LogP contribution in [0.4, 0.5) is 4.79 Å². The monoisotopic (exact) mass is 389 g/mol. The van der Waals surface area contributed by atoms with E-state index in [0.29, 0.717) is 13.2 Å². The van der Waals surface area contributed by atoms with E-state index in [0.717, 1.165) is 25.7 Å². The zero-order valence-electron chi connectivity index (χ0n) is 18.5. The number of amides is 2. The van der Waals surface area contributed by atoms with Gasteiger partial charge in [0.15, 0.2) is 0 Å². The number of hydroxylamine groups is 2. The molecule has 5 heteroatoms. The fraction of sp³-hybridized carbons (Fsp3) is 0.696. The van der Waals surface area contributed by atoms with E-state index in [2.05, 4.69) is 74.6 Å². The standard InChI is InChI=1S/C23H39N3O2/c1-7-22(5)17-20(25-21(27)24-9-3)18(4)23(6,8-2)26(22)28-16-15-19-13-11-10-12-14-19/h10-14,18,20H,7-9,15-17H2,1-6H3,(H2,24,25,27). The minimum absolute atomic E-state index is 0.0743. The Balaban J connectivity index is 2.17. The molecule has 0 saturated carbocycles. The Hall–Kier alpha value is -1.59. The van der Waals surface area contributed by atoms with Crippen LogP contribution in [-0.4, -0.2) is 41.4 Å². The highest BCUT2D eigenvalue weighted by atomic mass is 16.7.